The fourth-order valence-electron chi connectivity index (χ4n) is 2.27. The zero-order valence-corrected chi connectivity index (χ0v) is 10.6. The van der Waals surface area contributed by atoms with Crippen molar-refractivity contribution in [2.75, 3.05) is 6.61 Å². The molecule has 98 valence electrons. The first-order chi connectivity index (χ1) is 8.66. The fourth-order valence-corrected chi connectivity index (χ4v) is 2.27. The van der Waals surface area contributed by atoms with Crippen LogP contribution < -0.4 is 11.1 Å². The molecule has 1 fully saturated rings. The predicted octanol–water partition coefficient (Wildman–Crippen LogP) is 1.37. The Bertz CT molecular complexity index is 392. The van der Waals surface area contributed by atoms with Crippen molar-refractivity contribution < 1.29 is 9.53 Å². The molecule has 1 aliphatic rings. The molecule has 0 aliphatic carbocycles. The van der Waals surface area contributed by atoms with Crippen LogP contribution in [0, 0.1) is 0 Å². The Morgan fingerprint density at radius 1 is 1.50 bits per heavy atom. The van der Waals surface area contributed by atoms with Crippen molar-refractivity contribution in [1.82, 2.24) is 5.32 Å². The Morgan fingerprint density at radius 2 is 2.22 bits per heavy atom. The molecule has 0 spiro atoms. The van der Waals surface area contributed by atoms with Crippen LogP contribution in [0.15, 0.2) is 30.3 Å². The van der Waals surface area contributed by atoms with Crippen LogP contribution in [-0.4, -0.2) is 24.6 Å². The van der Waals surface area contributed by atoms with Gasteiger partial charge in [0.1, 0.15) is 6.10 Å². The molecule has 0 radical (unpaired) electrons. The van der Waals surface area contributed by atoms with Crippen molar-refractivity contribution in [3.8, 4) is 0 Å². The Kier molecular flexibility index (Phi) is 4.33. The second kappa shape index (κ2) is 5.98. The van der Waals surface area contributed by atoms with Gasteiger partial charge >= 0.3 is 0 Å². The normalized spacial score (nSPS) is 24.8. The molecule has 2 rings (SSSR count). The molecule has 1 heterocycles. The lowest BCUT2D eigenvalue weighted by atomic mass is 10.0. The van der Waals surface area contributed by atoms with Gasteiger partial charge in [-0.05, 0) is 18.9 Å². The number of benzene rings is 1. The van der Waals surface area contributed by atoms with E-state index in [1.807, 2.05) is 37.3 Å². The van der Waals surface area contributed by atoms with E-state index in [-0.39, 0.29) is 24.1 Å². The first kappa shape index (κ1) is 13.1. The molecule has 18 heavy (non-hydrogen) atoms. The van der Waals surface area contributed by atoms with Crippen LogP contribution >= 0.6 is 0 Å². The summed E-state index contributed by atoms with van der Waals surface area (Å²) in [6.45, 7) is 2.52. The zero-order chi connectivity index (χ0) is 13.0. The van der Waals surface area contributed by atoms with E-state index in [1.54, 1.807) is 0 Å². The summed E-state index contributed by atoms with van der Waals surface area (Å²) in [6, 6.07) is 9.94. The molecular formula is C14H20N2O2. The number of nitrogens with two attached hydrogens (primary N) is 1. The van der Waals surface area contributed by atoms with Crippen LogP contribution in [0.3, 0.4) is 0 Å². The van der Waals surface area contributed by atoms with Crippen molar-refractivity contribution in [1.29, 1.82) is 0 Å². The summed E-state index contributed by atoms with van der Waals surface area (Å²) in [5.41, 5.74) is 6.73. The average molecular weight is 248 g/mol. The first-order valence-electron chi connectivity index (χ1n) is 6.38. The molecule has 3 unspecified atom stereocenters. The van der Waals surface area contributed by atoms with Crippen molar-refractivity contribution in [2.45, 2.75) is 38.0 Å². The minimum atomic E-state index is -0.109. The van der Waals surface area contributed by atoms with Crippen LogP contribution in [0.1, 0.15) is 31.4 Å². The molecule has 3 N–H and O–H groups in total. The van der Waals surface area contributed by atoms with Crippen molar-refractivity contribution in [3.05, 3.63) is 35.9 Å². The molecule has 1 saturated heterocycles. The monoisotopic (exact) mass is 248 g/mol. The smallest absolute Gasteiger partial charge is 0.221 e. The van der Waals surface area contributed by atoms with Gasteiger partial charge in [-0.1, -0.05) is 30.3 Å². The molecular weight excluding hydrogens is 228 g/mol. The highest BCUT2D eigenvalue weighted by Gasteiger charge is 2.30. The van der Waals surface area contributed by atoms with E-state index in [9.17, 15) is 4.79 Å². The van der Waals surface area contributed by atoms with E-state index in [1.165, 1.54) is 0 Å². The topological polar surface area (TPSA) is 64.4 Å². The highest BCUT2D eigenvalue weighted by atomic mass is 16.5. The summed E-state index contributed by atoms with van der Waals surface area (Å²) >= 11 is 0. The van der Waals surface area contributed by atoms with E-state index >= 15 is 0 Å². The van der Waals surface area contributed by atoms with Gasteiger partial charge in [0.25, 0.3) is 0 Å². The van der Waals surface area contributed by atoms with Gasteiger partial charge in [-0.25, -0.2) is 0 Å². The van der Waals surface area contributed by atoms with Gasteiger partial charge in [-0.2, -0.15) is 0 Å². The quantitative estimate of drug-likeness (QED) is 0.846. The van der Waals surface area contributed by atoms with Crippen LogP contribution in [0.25, 0.3) is 0 Å². The minimum Gasteiger partial charge on any atom is -0.371 e. The number of hydrogen-bond donors (Lipinski definition) is 2. The van der Waals surface area contributed by atoms with Gasteiger partial charge in [-0.15, -0.1) is 0 Å². The van der Waals surface area contributed by atoms with Gasteiger partial charge in [0.2, 0.25) is 5.91 Å². The number of carbonyl (C=O) groups excluding carboxylic acids is 1. The lowest BCUT2D eigenvalue weighted by molar-refractivity contribution is -0.122. The molecule has 0 saturated carbocycles. The third-order valence-corrected chi connectivity index (χ3v) is 3.07. The van der Waals surface area contributed by atoms with E-state index in [2.05, 4.69) is 5.32 Å². The van der Waals surface area contributed by atoms with Crippen LogP contribution in [0.4, 0.5) is 0 Å². The molecule has 0 aromatic heterocycles. The van der Waals surface area contributed by atoms with E-state index in [0.717, 1.165) is 12.0 Å². The average Bonchev–Trinajstić information content (AvgIpc) is 2.77. The first-order valence-corrected chi connectivity index (χ1v) is 6.38. The van der Waals surface area contributed by atoms with Crippen LogP contribution in [0.5, 0.6) is 0 Å². The number of rotatable bonds is 4. The third-order valence-electron chi connectivity index (χ3n) is 3.07. The summed E-state index contributed by atoms with van der Waals surface area (Å²) < 4.78 is 5.71. The minimum absolute atomic E-state index is 0.00133. The Morgan fingerprint density at radius 3 is 2.89 bits per heavy atom. The van der Waals surface area contributed by atoms with Gasteiger partial charge in [0, 0.05) is 19.1 Å². The van der Waals surface area contributed by atoms with Crippen LogP contribution in [0.2, 0.25) is 0 Å². The molecule has 1 aliphatic heterocycles. The summed E-state index contributed by atoms with van der Waals surface area (Å²) in [6.07, 6.45) is 1.17. The lowest BCUT2D eigenvalue weighted by Gasteiger charge is -2.20. The molecule has 4 heteroatoms. The number of hydrogen-bond acceptors (Lipinski definition) is 3. The van der Waals surface area contributed by atoms with Gasteiger partial charge in [-0.3, -0.25) is 4.79 Å². The number of nitrogens with one attached hydrogen (secondary N) is 1. The Balaban J connectivity index is 1.98. The standard InChI is InChI=1S/C14H20N2O2/c1-10(15)9-13(17)16-12-7-8-18-14(12)11-5-3-2-4-6-11/h2-6,10,12,14H,7-9,15H2,1H3,(H,16,17). The van der Waals surface area contributed by atoms with Crippen molar-refractivity contribution >= 4 is 5.91 Å². The predicted molar refractivity (Wildman–Crippen MR) is 69.9 cm³/mol. The summed E-state index contributed by atoms with van der Waals surface area (Å²) in [5.74, 6) is 0.00133. The molecule has 0 bridgehead atoms. The highest BCUT2D eigenvalue weighted by molar-refractivity contribution is 5.76. The fraction of sp³-hybridized carbons (Fsp3) is 0.500. The molecule has 1 amide bonds. The molecule has 3 atom stereocenters. The Hall–Kier alpha value is -1.39. The van der Waals surface area contributed by atoms with E-state index < -0.39 is 0 Å². The maximum absolute atomic E-state index is 11.7. The van der Waals surface area contributed by atoms with E-state index in [0.29, 0.717) is 13.0 Å². The number of carbonyl (C=O) groups is 1. The van der Waals surface area contributed by atoms with Gasteiger partial charge < -0.3 is 15.8 Å². The van der Waals surface area contributed by atoms with Gasteiger partial charge in [0.15, 0.2) is 0 Å². The molecule has 4 nitrogen and oxygen atoms in total. The number of ether oxygens (including phenoxy) is 1. The molecule has 1 aromatic carbocycles. The molecule has 1 aromatic rings. The number of amides is 1. The third kappa shape index (κ3) is 3.31. The Labute approximate surface area is 108 Å². The second-order valence-electron chi connectivity index (χ2n) is 4.85. The SMILES string of the molecule is CC(N)CC(=O)NC1CCOC1c1ccccc1. The maximum Gasteiger partial charge on any atom is 0.221 e. The largest absolute Gasteiger partial charge is 0.371 e. The lowest BCUT2D eigenvalue weighted by Crippen LogP contribution is -2.39. The van der Waals surface area contributed by atoms with Gasteiger partial charge in [0.05, 0.1) is 6.04 Å². The van der Waals surface area contributed by atoms with Crippen molar-refractivity contribution in [3.63, 3.8) is 0 Å². The zero-order valence-electron chi connectivity index (χ0n) is 10.6. The highest BCUT2D eigenvalue weighted by Crippen LogP contribution is 2.28. The van der Waals surface area contributed by atoms with E-state index in [4.69, 9.17) is 10.5 Å². The summed E-state index contributed by atoms with van der Waals surface area (Å²) in [4.78, 5) is 11.7. The summed E-state index contributed by atoms with van der Waals surface area (Å²) in [5, 5.41) is 3.01. The van der Waals surface area contributed by atoms with Crippen molar-refractivity contribution in [2.24, 2.45) is 5.73 Å². The summed E-state index contributed by atoms with van der Waals surface area (Å²) in [7, 11) is 0. The maximum atomic E-state index is 11.7. The second-order valence-corrected chi connectivity index (χ2v) is 4.85. The van der Waals surface area contributed by atoms with Crippen LogP contribution in [-0.2, 0) is 9.53 Å².